The highest BCUT2D eigenvalue weighted by Gasteiger charge is 2.37. The van der Waals surface area contributed by atoms with Crippen molar-refractivity contribution in [2.75, 3.05) is 27.3 Å². The van der Waals surface area contributed by atoms with Gasteiger partial charge < -0.3 is 39.9 Å². The summed E-state index contributed by atoms with van der Waals surface area (Å²) in [6, 6.07) is 26.5. The van der Waals surface area contributed by atoms with Crippen molar-refractivity contribution in [2.24, 2.45) is 5.92 Å². The van der Waals surface area contributed by atoms with Crippen LogP contribution in [0.25, 0.3) is 44.5 Å². The van der Waals surface area contributed by atoms with Crippen LogP contribution in [0.2, 0.25) is 0 Å². The van der Waals surface area contributed by atoms with Crippen molar-refractivity contribution in [3.63, 3.8) is 0 Å². The van der Waals surface area contributed by atoms with E-state index in [9.17, 15) is 19.2 Å². The maximum absolute atomic E-state index is 14.0. The van der Waals surface area contributed by atoms with Crippen molar-refractivity contribution in [1.29, 1.82) is 0 Å². The number of methoxy groups -OCH3 is 2. The molecule has 0 saturated carbocycles. The van der Waals surface area contributed by atoms with Gasteiger partial charge in [-0.05, 0) is 108 Å². The van der Waals surface area contributed by atoms with Gasteiger partial charge in [0.2, 0.25) is 5.91 Å². The molecule has 4 aromatic carbocycles. The number of ether oxygens (including phenoxy) is 2. The van der Waals surface area contributed by atoms with Gasteiger partial charge in [0.25, 0.3) is 5.91 Å². The number of nitrogens with zero attached hydrogens (tertiary/aromatic N) is 4. The summed E-state index contributed by atoms with van der Waals surface area (Å²) < 4.78 is 9.66. The summed E-state index contributed by atoms with van der Waals surface area (Å²) in [5.41, 5.74) is 11.5. The van der Waals surface area contributed by atoms with Gasteiger partial charge in [0.05, 0.1) is 49.2 Å². The Morgan fingerprint density at radius 1 is 0.828 bits per heavy atom. The van der Waals surface area contributed by atoms with Gasteiger partial charge in [0, 0.05) is 13.1 Å². The first-order chi connectivity index (χ1) is 31.0. The lowest BCUT2D eigenvalue weighted by molar-refractivity contribution is -0.137. The van der Waals surface area contributed by atoms with E-state index in [1.807, 2.05) is 75.2 Å². The highest BCUT2D eigenvalue weighted by molar-refractivity contribution is 5.88. The van der Waals surface area contributed by atoms with E-state index in [2.05, 4.69) is 69.1 Å². The predicted octanol–water partition coefficient (Wildman–Crippen LogP) is 8.83. The molecule has 1 fully saturated rings. The number of nitrogens with one attached hydrogen (secondary N) is 4. The summed E-state index contributed by atoms with van der Waals surface area (Å²) in [5.74, 6) is 0.888. The van der Waals surface area contributed by atoms with Gasteiger partial charge in [-0.15, -0.1) is 0 Å². The molecule has 0 unspecified atom stereocenters. The number of imidazole rings is 2. The molecule has 1 aliphatic carbocycles. The number of hydrogen-bond donors (Lipinski definition) is 4. The summed E-state index contributed by atoms with van der Waals surface area (Å²) in [6.45, 7) is 8.86. The van der Waals surface area contributed by atoms with Crippen molar-refractivity contribution in [3.8, 4) is 33.5 Å². The number of H-pyrrole nitrogens is 2. The number of benzene rings is 4. The van der Waals surface area contributed by atoms with Crippen LogP contribution in [0.15, 0.2) is 91.1 Å². The Hall–Kier alpha value is -6.96. The minimum Gasteiger partial charge on any atom is -0.453 e. The fourth-order valence-corrected chi connectivity index (χ4v) is 9.15. The second-order valence-electron chi connectivity index (χ2n) is 17.0. The van der Waals surface area contributed by atoms with Crippen LogP contribution in [-0.2, 0) is 31.9 Å². The number of aromatic nitrogens is 4. The normalized spacial score (nSPS) is 15.8. The number of likely N-dealkylation sites (tertiary alicyclic amines) is 1. The van der Waals surface area contributed by atoms with Crippen LogP contribution in [0.5, 0.6) is 0 Å². The number of alkyl carbamates (subject to hydrolysis) is 2. The van der Waals surface area contributed by atoms with Crippen LogP contribution in [0.4, 0.5) is 9.59 Å². The molecule has 0 bridgehead atoms. The molecule has 0 spiro atoms. The third-order valence-corrected chi connectivity index (χ3v) is 12.6. The van der Waals surface area contributed by atoms with Crippen molar-refractivity contribution < 1.29 is 28.7 Å². The zero-order chi connectivity index (χ0) is 45.1. The Kier molecular flexibility index (Phi) is 12.8. The molecule has 4 N–H and O–H groups in total. The van der Waals surface area contributed by atoms with Crippen LogP contribution in [0.1, 0.15) is 93.4 Å². The number of fused-ring (bicyclic) bond motifs is 4. The number of hydrogen-bond acceptors (Lipinski definition) is 8. The molecule has 0 radical (unpaired) electrons. The highest BCUT2D eigenvalue weighted by Crippen LogP contribution is 2.39. The first-order valence-electron chi connectivity index (χ1n) is 22.1. The van der Waals surface area contributed by atoms with E-state index >= 15 is 0 Å². The second kappa shape index (κ2) is 18.8. The predicted molar refractivity (Wildman–Crippen MR) is 245 cm³/mol. The van der Waals surface area contributed by atoms with Gasteiger partial charge in [-0.3, -0.25) is 9.59 Å². The number of aryl methyl sites for hydroxylation is 2. The van der Waals surface area contributed by atoms with Crippen LogP contribution < -0.4 is 10.6 Å². The fourth-order valence-electron chi connectivity index (χ4n) is 9.15. The first kappa shape index (κ1) is 43.7. The molecular weight excluding hydrogens is 809 g/mol. The molecule has 8 rings (SSSR count). The van der Waals surface area contributed by atoms with E-state index in [-0.39, 0.29) is 29.8 Å². The summed E-state index contributed by atoms with van der Waals surface area (Å²) >= 11 is 0. The molecule has 4 amide bonds. The SMILES string of the molecule is CCCN(C(=O)[C@@H](NC(=O)OC)C(C)C)[C@@H](C)c1nc2ccc(-c3ccc4c(c3)CCc3cc(-c5cnc([C@@H]6CCCN6C(=O)[C@H](NC(=O)OC)c6ccccc6)[nH]5)ccc3-4)cc2[nH]1. The molecule has 1 saturated heterocycles. The van der Waals surface area contributed by atoms with Crippen LogP contribution in [0.3, 0.4) is 0 Å². The number of amides is 4. The second-order valence-corrected chi connectivity index (χ2v) is 17.0. The van der Waals surface area contributed by atoms with Crippen molar-refractivity contribution in [2.45, 2.75) is 84.0 Å². The molecule has 14 heteroatoms. The first-order valence-corrected chi connectivity index (χ1v) is 22.1. The molecule has 332 valence electrons. The molecule has 64 heavy (non-hydrogen) atoms. The minimum atomic E-state index is -0.879. The van der Waals surface area contributed by atoms with E-state index in [4.69, 9.17) is 19.4 Å². The van der Waals surface area contributed by atoms with E-state index in [1.54, 1.807) is 4.90 Å². The van der Waals surface area contributed by atoms with Crippen molar-refractivity contribution in [3.05, 3.63) is 119 Å². The van der Waals surface area contributed by atoms with Gasteiger partial charge in [-0.1, -0.05) is 87.5 Å². The molecule has 2 aliphatic rings. The van der Waals surface area contributed by atoms with E-state index in [1.165, 1.54) is 36.5 Å². The van der Waals surface area contributed by atoms with Gasteiger partial charge >= 0.3 is 12.2 Å². The maximum Gasteiger partial charge on any atom is 0.407 e. The lowest BCUT2D eigenvalue weighted by atomic mass is 9.83. The van der Waals surface area contributed by atoms with E-state index < -0.39 is 24.3 Å². The topological polar surface area (TPSA) is 175 Å². The Morgan fingerprint density at radius 3 is 2.17 bits per heavy atom. The van der Waals surface area contributed by atoms with Crippen molar-refractivity contribution in [1.82, 2.24) is 40.4 Å². The largest absolute Gasteiger partial charge is 0.453 e. The number of rotatable bonds is 13. The Balaban J connectivity index is 0.982. The quantitative estimate of drug-likeness (QED) is 0.0891. The molecule has 3 heterocycles. The molecule has 6 aromatic rings. The number of carbonyl (C=O) groups is 4. The lowest BCUT2D eigenvalue weighted by Crippen LogP contribution is -2.52. The maximum atomic E-state index is 14.0. The Morgan fingerprint density at radius 2 is 1.48 bits per heavy atom. The van der Waals surface area contributed by atoms with Crippen LogP contribution in [-0.4, -0.2) is 87.1 Å². The third kappa shape index (κ3) is 8.81. The average molecular weight is 865 g/mol. The highest BCUT2D eigenvalue weighted by atomic mass is 16.5. The lowest BCUT2D eigenvalue weighted by Gasteiger charge is -2.32. The summed E-state index contributed by atoms with van der Waals surface area (Å²) in [6.07, 6.45) is 4.66. The van der Waals surface area contributed by atoms with E-state index in [0.29, 0.717) is 24.5 Å². The van der Waals surface area contributed by atoms with Gasteiger partial charge in [0.15, 0.2) is 0 Å². The standard InChI is InChI=1S/C50H56N8O6/c1-7-23-57(47(59)43(29(2)3)55-49(61)63-5)30(4)45-52-39-22-19-33(27-40(39)53-45)32-17-20-37-34(25-32)15-16-35-26-36(18-21-38(35)37)41-28-51-46(54-41)42-14-11-24-58(42)48(60)44(56-50(62)64-6)31-12-9-8-10-13-31/h8-10,12-13,17-22,25-30,42-44H,7,11,14-16,23-24H2,1-6H3,(H,51,54)(H,52,53)(H,55,61)(H,56,62)/t30-,42-,43-,44+/m0/s1. The van der Waals surface area contributed by atoms with E-state index in [0.717, 1.165) is 71.3 Å². The zero-order valence-electron chi connectivity index (χ0n) is 37.2. The number of carbonyl (C=O) groups excluding carboxylic acids is 4. The average Bonchev–Trinajstić information content (AvgIpc) is 4.11. The smallest absolute Gasteiger partial charge is 0.407 e. The summed E-state index contributed by atoms with van der Waals surface area (Å²) in [4.78, 5) is 72.5. The molecule has 4 atom stereocenters. The van der Waals surface area contributed by atoms with Crippen LogP contribution >= 0.6 is 0 Å². The zero-order valence-corrected chi connectivity index (χ0v) is 37.2. The molecule has 14 nitrogen and oxygen atoms in total. The van der Waals surface area contributed by atoms with Gasteiger partial charge in [0.1, 0.15) is 23.7 Å². The summed E-state index contributed by atoms with van der Waals surface area (Å²) in [7, 11) is 2.58. The number of aromatic amines is 2. The summed E-state index contributed by atoms with van der Waals surface area (Å²) in [5, 5.41) is 5.45. The monoisotopic (exact) mass is 864 g/mol. The molecule has 2 aromatic heterocycles. The Bertz CT molecular complexity index is 2670. The molecule has 1 aliphatic heterocycles. The third-order valence-electron chi connectivity index (χ3n) is 12.6. The van der Waals surface area contributed by atoms with Gasteiger partial charge in [-0.2, -0.15) is 0 Å². The van der Waals surface area contributed by atoms with Gasteiger partial charge in [-0.25, -0.2) is 19.6 Å². The van der Waals surface area contributed by atoms with Crippen molar-refractivity contribution >= 4 is 35.0 Å². The fraction of sp³-hybridized carbons (Fsp3) is 0.360. The molecular formula is C50H56N8O6. The minimum absolute atomic E-state index is 0.134. The Labute approximate surface area is 373 Å². The van der Waals surface area contributed by atoms with Crippen LogP contribution in [0, 0.1) is 5.92 Å².